The first kappa shape index (κ1) is 14.9. The summed E-state index contributed by atoms with van der Waals surface area (Å²) in [5.41, 5.74) is 2.24. The molecule has 0 spiro atoms. The van der Waals surface area contributed by atoms with E-state index in [1.54, 1.807) is 24.3 Å². The quantitative estimate of drug-likeness (QED) is 0.643. The van der Waals surface area contributed by atoms with Crippen LogP contribution in [0.3, 0.4) is 0 Å². The zero-order chi connectivity index (χ0) is 14.5. The van der Waals surface area contributed by atoms with Crippen molar-refractivity contribution in [2.45, 2.75) is 12.8 Å². The minimum atomic E-state index is -1.65. The van der Waals surface area contributed by atoms with Crippen molar-refractivity contribution < 1.29 is 13.2 Å². The highest BCUT2D eigenvalue weighted by atomic mass is 79.9. The van der Waals surface area contributed by atoms with Crippen LogP contribution in [0.1, 0.15) is 12.0 Å². The maximum atomic E-state index is 13.8. The normalized spacial score (nSPS) is 10.4. The zero-order valence-electron chi connectivity index (χ0n) is 10.5. The lowest BCUT2D eigenvalue weighted by atomic mass is 10.0. The van der Waals surface area contributed by atoms with Gasteiger partial charge in [-0.1, -0.05) is 46.3 Å². The van der Waals surface area contributed by atoms with Crippen molar-refractivity contribution >= 4 is 15.9 Å². The third-order valence-electron chi connectivity index (χ3n) is 2.93. The molecule has 2 aromatic carbocycles. The SMILES string of the molecule is FC(F)=CCCc1ccc(-c2ccc(Br)cc2F)cc1. The molecule has 0 fully saturated rings. The first-order chi connectivity index (χ1) is 9.56. The van der Waals surface area contributed by atoms with Gasteiger partial charge in [0, 0.05) is 10.0 Å². The lowest BCUT2D eigenvalue weighted by Crippen LogP contribution is -1.87. The Bertz CT molecular complexity index is 614. The highest BCUT2D eigenvalue weighted by molar-refractivity contribution is 9.10. The van der Waals surface area contributed by atoms with Crippen LogP contribution in [0.5, 0.6) is 0 Å². The van der Waals surface area contributed by atoms with Crippen molar-refractivity contribution in [1.82, 2.24) is 0 Å². The van der Waals surface area contributed by atoms with Gasteiger partial charge < -0.3 is 0 Å². The van der Waals surface area contributed by atoms with E-state index in [-0.39, 0.29) is 5.82 Å². The molecule has 0 radical (unpaired) electrons. The second kappa shape index (κ2) is 6.75. The maximum absolute atomic E-state index is 13.8. The Morgan fingerprint density at radius 1 is 1.05 bits per heavy atom. The second-order valence-electron chi connectivity index (χ2n) is 4.35. The molecule has 0 aliphatic heterocycles. The number of benzene rings is 2. The second-order valence-corrected chi connectivity index (χ2v) is 5.27. The number of hydrogen-bond donors (Lipinski definition) is 0. The fourth-order valence-electron chi connectivity index (χ4n) is 1.92. The lowest BCUT2D eigenvalue weighted by Gasteiger charge is -2.05. The molecule has 2 aromatic rings. The summed E-state index contributed by atoms with van der Waals surface area (Å²) < 4.78 is 38.3. The molecule has 2 rings (SSSR count). The summed E-state index contributed by atoms with van der Waals surface area (Å²) in [6.45, 7) is 0. The fourth-order valence-corrected chi connectivity index (χ4v) is 2.26. The van der Waals surface area contributed by atoms with E-state index in [4.69, 9.17) is 0 Å². The van der Waals surface area contributed by atoms with Crippen molar-refractivity contribution in [2.75, 3.05) is 0 Å². The van der Waals surface area contributed by atoms with Crippen LogP contribution in [0.4, 0.5) is 13.2 Å². The molecule has 0 bridgehead atoms. The van der Waals surface area contributed by atoms with Crippen LogP contribution in [0.15, 0.2) is 59.1 Å². The summed E-state index contributed by atoms with van der Waals surface area (Å²) in [5.74, 6) is -0.297. The number of allylic oxidation sites excluding steroid dienone is 1. The Kier molecular flexibility index (Phi) is 5.01. The topological polar surface area (TPSA) is 0 Å². The molecule has 0 aliphatic rings. The van der Waals surface area contributed by atoms with Crippen LogP contribution >= 0.6 is 15.9 Å². The highest BCUT2D eigenvalue weighted by Crippen LogP contribution is 2.26. The summed E-state index contributed by atoms with van der Waals surface area (Å²) >= 11 is 3.21. The smallest absolute Gasteiger partial charge is 0.206 e. The fraction of sp³-hybridized carbons (Fsp3) is 0.125. The van der Waals surface area contributed by atoms with Crippen molar-refractivity contribution in [3.63, 3.8) is 0 Å². The Labute approximate surface area is 124 Å². The molecule has 0 atom stereocenters. The standard InChI is InChI=1S/C16H12BrF3/c17-13-8-9-14(15(18)10-13)12-6-4-11(5-7-12)2-1-3-16(19)20/h3-10H,1-2H2. The van der Waals surface area contributed by atoms with Gasteiger partial charge in [0.1, 0.15) is 5.82 Å². The van der Waals surface area contributed by atoms with Gasteiger partial charge in [-0.25, -0.2) is 4.39 Å². The molecule has 0 heterocycles. The minimum Gasteiger partial charge on any atom is -0.206 e. The average Bonchev–Trinajstić information content (AvgIpc) is 2.39. The molecule has 0 N–H and O–H groups in total. The Balaban J connectivity index is 2.13. The molecule has 0 aromatic heterocycles. The van der Waals surface area contributed by atoms with E-state index < -0.39 is 6.08 Å². The molecule has 0 saturated heterocycles. The summed E-state index contributed by atoms with van der Waals surface area (Å²) in [4.78, 5) is 0. The molecule has 0 amide bonds. The molecule has 20 heavy (non-hydrogen) atoms. The van der Waals surface area contributed by atoms with E-state index in [2.05, 4.69) is 15.9 Å². The van der Waals surface area contributed by atoms with Crippen LogP contribution in [0.2, 0.25) is 0 Å². The van der Waals surface area contributed by atoms with Gasteiger partial charge in [0.05, 0.1) is 0 Å². The van der Waals surface area contributed by atoms with Crippen molar-refractivity contribution in [2.24, 2.45) is 0 Å². The number of rotatable bonds is 4. The first-order valence-corrected chi connectivity index (χ1v) is 6.91. The third-order valence-corrected chi connectivity index (χ3v) is 3.42. The van der Waals surface area contributed by atoms with Crippen LogP contribution < -0.4 is 0 Å². The molecule has 0 saturated carbocycles. The van der Waals surface area contributed by atoms with Gasteiger partial charge in [-0.15, -0.1) is 0 Å². The highest BCUT2D eigenvalue weighted by Gasteiger charge is 2.05. The van der Waals surface area contributed by atoms with Crippen LogP contribution in [-0.4, -0.2) is 0 Å². The van der Waals surface area contributed by atoms with E-state index in [0.29, 0.717) is 22.9 Å². The third kappa shape index (κ3) is 3.97. The van der Waals surface area contributed by atoms with Crippen LogP contribution in [-0.2, 0) is 6.42 Å². The van der Waals surface area contributed by atoms with Crippen molar-refractivity contribution in [1.29, 1.82) is 0 Å². The summed E-state index contributed by atoms with van der Waals surface area (Å²) in [6.07, 6.45) is 0.0930. The van der Waals surface area contributed by atoms with Gasteiger partial charge in [0.15, 0.2) is 0 Å². The monoisotopic (exact) mass is 340 g/mol. The molecule has 4 heteroatoms. The van der Waals surface area contributed by atoms with Crippen molar-refractivity contribution in [3.05, 3.63) is 70.5 Å². The molecule has 0 aliphatic carbocycles. The van der Waals surface area contributed by atoms with Gasteiger partial charge in [-0.05, 0) is 42.2 Å². The predicted octanol–water partition coefficient (Wildman–Crippen LogP) is 5.97. The number of hydrogen-bond acceptors (Lipinski definition) is 0. The molecule has 104 valence electrons. The average molecular weight is 341 g/mol. The number of halogens is 4. The van der Waals surface area contributed by atoms with E-state index in [0.717, 1.165) is 17.2 Å². The van der Waals surface area contributed by atoms with E-state index in [1.165, 1.54) is 6.07 Å². The van der Waals surface area contributed by atoms with Crippen LogP contribution in [0.25, 0.3) is 11.1 Å². The number of aryl methyl sites for hydroxylation is 1. The van der Waals surface area contributed by atoms with Gasteiger partial charge in [-0.3, -0.25) is 0 Å². The first-order valence-electron chi connectivity index (χ1n) is 6.12. The van der Waals surface area contributed by atoms with E-state index >= 15 is 0 Å². The van der Waals surface area contributed by atoms with E-state index in [1.807, 2.05) is 12.1 Å². The summed E-state index contributed by atoms with van der Waals surface area (Å²) in [7, 11) is 0. The Morgan fingerprint density at radius 3 is 2.35 bits per heavy atom. The zero-order valence-corrected chi connectivity index (χ0v) is 12.1. The summed E-state index contributed by atoms with van der Waals surface area (Å²) in [5, 5.41) is 0. The van der Waals surface area contributed by atoms with Gasteiger partial charge in [0.2, 0.25) is 0 Å². The summed E-state index contributed by atoms with van der Waals surface area (Å²) in [6, 6.07) is 12.2. The van der Waals surface area contributed by atoms with Crippen LogP contribution in [0, 0.1) is 5.82 Å². The minimum absolute atomic E-state index is 0.297. The Hall–Kier alpha value is -1.55. The Morgan fingerprint density at radius 2 is 1.75 bits per heavy atom. The lowest BCUT2D eigenvalue weighted by molar-refractivity contribution is 0.417. The van der Waals surface area contributed by atoms with Gasteiger partial charge >= 0.3 is 0 Å². The van der Waals surface area contributed by atoms with Gasteiger partial charge in [0.25, 0.3) is 6.08 Å². The molecule has 0 unspecified atom stereocenters. The van der Waals surface area contributed by atoms with Gasteiger partial charge in [-0.2, -0.15) is 8.78 Å². The molecular formula is C16H12BrF3. The molecular weight excluding hydrogens is 329 g/mol. The predicted molar refractivity (Wildman–Crippen MR) is 78.2 cm³/mol. The van der Waals surface area contributed by atoms with E-state index in [9.17, 15) is 13.2 Å². The van der Waals surface area contributed by atoms with Crippen molar-refractivity contribution in [3.8, 4) is 11.1 Å². The largest absolute Gasteiger partial charge is 0.266 e. The molecule has 0 nitrogen and oxygen atoms in total. The maximum Gasteiger partial charge on any atom is 0.266 e.